The summed E-state index contributed by atoms with van der Waals surface area (Å²) >= 11 is 3.26. The molecule has 7 heteroatoms. The lowest BCUT2D eigenvalue weighted by atomic mass is 10.2. The molecular weight excluding hydrogens is 358 g/mol. The molecule has 0 aliphatic rings. The Morgan fingerprint density at radius 1 is 1.38 bits per heavy atom. The predicted molar refractivity (Wildman–Crippen MR) is 82.0 cm³/mol. The van der Waals surface area contributed by atoms with E-state index in [4.69, 9.17) is 9.84 Å². The molecule has 0 saturated heterocycles. The normalized spacial score (nSPS) is 11.9. The summed E-state index contributed by atoms with van der Waals surface area (Å²) in [4.78, 5) is 15.6. The Labute approximate surface area is 132 Å². The smallest absolute Gasteiger partial charge is 0.336 e. The lowest BCUT2D eigenvalue weighted by Crippen LogP contribution is -2.07. The van der Waals surface area contributed by atoms with E-state index >= 15 is 0 Å². The molecule has 0 saturated carbocycles. The summed E-state index contributed by atoms with van der Waals surface area (Å²) in [6, 6.07) is 9.75. The van der Waals surface area contributed by atoms with Crippen LogP contribution in [-0.4, -0.2) is 27.4 Å². The highest BCUT2D eigenvalue weighted by Gasteiger charge is 2.16. The third-order valence-electron chi connectivity index (χ3n) is 2.69. The minimum absolute atomic E-state index is 0.0272. The van der Waals surface area contributed by atoms with Crippen LogP contribution in [0.4, 0.5) is 0 Å². The van der Waals surface area contributed by atoms with Gasteiger partial charge in [0.15, 0.2) is 0 Å². The summed E-state index contributed by atoms with van der Waals surface area (Å²) in [5.41, 5.74) is 0.600. The molecular formula is C14H12BrNO4S. The highest BCUT2D eigenvalue weighted by Crippen LogP contribution is 2.22. The van der Waals surface area contributed by atoms with Crippen molar-refractivity contribution >= 4 is 32.7 Å². The SMILES string of the molecule is COc1cccc(CS(=O)c2cc(Br)ccc2C(=O)O)n1. The minimum atomic E-state index is -1.52. The zero-order chi connectivity index (χ0) is 15.4. The first kappa shape index (κ1) is 15.7. The van der Waals surface area contributed by atoms with Gasteiger partial charge in [-0.25, -0.2) is 9.78 Å². The maximum absolute atomic E-state index is 12.4. The number of methoxy groups -OCH3 is 1. The molecule has 0 spiro atoms. The number of nitrogens with zero attached hydrogens (tertiary/aromatic N) is 1. The zero-order valence-corrected chi connectivity index (χ0v) is 13.5. The van der Waals surface area contributed by atoms with Crippen LogP contribution >= 0.6 is 15.9 Å². The van der Waals surface area contributed by atoms with Crippen LogP contribution < -0.4 is 4.74 Å². The number of carboxylic acid groups (broad SMARTS) is 1. The van der Waals surface area contributed by atoms with Gasteiger partial charge in [0.05, 0.1) is 39.8 Å². The maximum atomic E-state index is 12.4. The van der Waals surface area contributed by atoms with Crippen LogP contribution in [0.5, 0.6) is 5.88 Å². The number of aromatic carboxylic acids is 1. The van der Waals surface area contributed by atoms with Gasteiger partial charge in [-0.15, -0.1) is 0 Å². The van der Waals surface area contributed by atoms with Crippen molar-refractivity contribution in [1.82, 2.24) is 4.98 Å². The van der Waals surface area contributed by atoms with E-state index in [0.717, 1.165) is 0 Å². The van der Waals surface area contributed by atoms with Gasteiger partial charge in [0.1, 0.15) is 0 Å². The van der Waals surface area contributed by atoms with Crippen molar-refractivity contribution in [3.8, 4) is 5.88 Å². The molecule has 1 aromatic heterocycles. The Morgan fingerprint density at radius 3 is 2.81 bits per heavy atom. The lowest BCUT2D eigenvalue weighted by Gasteiger charge is -2.07. The van der Waals surface area contributed by atoms with Crippen LogP contribution in [0.3, 0.4) is 0 Å². The fraction of sp³-hybridized carbons (Fsp3) is 0.143. The lowest BCUT2D eigenvalue weighted by molar-refractivity contribution is 0.0693. The predicted octanol–water partition coefficient (Wildman–Crippen LogP) is 2.86. The number of benzene rings is 1. The molecule has 0 aliphatic carbocycles. The van der Waals surface area contributed by atoms with Crippen molar-refractivity contribution in [2.75, 3.05) is 7.11 Å². The first-order valence-electron chi connectivity index (χ1n) is 5.92. The Balaban J connectivity index is 2.31. The first-order chi connectivity index (χ1) is 10.0. The zero-order valence-electron chi connectivity index (χ0n) is 11.1. The third-order valence-corrected chi connectivity index (χ3v) is 4.57. The Bertz CT molecular complexity index is 705. The van der Waals surface area contributed by atoms with E-state index in [0.29, 0.717) is 16.0 Å². The molecule has 1 aromatic carbocycles. The molecule has 5 nitrogen and oxygen atoms in total. The van der Waals surface area contributed by atoms with Crippen LogP contribution in [-0.2, 0) is 16.6 Å². The molecule has 1 atom stereocenters. The third kappa shape index (κ3) is 3.89. The maximum Gasteiger partial charge on any atom is 0.336 e. The second-order valence-corrected chi connectivity index (χ2v) is 6.44. The second-order valence-electron chi connectivity index (χ2n) is 4.11. The monoisotopic (exact) mass is 369 g/mol. The van der Waals surface area contributed by atoms with E-state index in [1.807, 2.05) is 0 Å². The van der Waals surface area contributed by atoms with Crippen molar-refractivity contribution in [3.63, 3.8) is 0 Å². The average molecular weight is 370 g/mol. The van der Waals surface area contributed by atoms with E-state index in [1.165, 1.54) is 13.2 Å². The molecule has 1 unspecified atom stereocenters. The molecule has 110 valence electrons. The fourth-order valence-electron chi connectivity index (χ4n) is 1.72. The van der Waals surface area contributed by atoms with Crippen molar-refractivity contribution in [3.05, 3.63) is 52.1 Å². The quantitative estimate of drug-likeness (QED) is 0.876. The molecule has 0 fully saturated rings. The number of halogens is 1. The van der Waals surface area contributed by atoms with Gasteiger partial charge in [-0.3, -0.25) is 4.21 Å². The van der Waals surface area contributed by atoms with Crippen molar-refractivity contribution in [1.29, 1.82) is 0 Å². The van der Waals surface area contributed by atoms with Gasteiger partial charge < -0.3 is 9.84 Å². The van der Waals surface area contributed by atoms with Crippen molar-refractivity contribution in [2.45, 2.75) is 10.6 Å². The fourth-order valence-corrected chi connectivity index (χ4v) is 3.48. The van der Waals surface area contributed by atoms with Crippen LogP contribution in [0.25, 0.3) is 0 Å². The number of rotatable bonds is 5. The average Bonchev–Trinajstić information content (AvgIpc) is 2.47. The van der Waals surface area contributed by atoms with Crippen LogP contribution in [0, 0.1) is 0 Å². The van der Waals surface area contributed by atoms with Crippen molar-refractivity contribution in [2.24, 2.45) is 0 Å². The molecule has 0 radical (unpaired) electrons. The number of pyridine rings is 1. The van der Waals surface area contributed by atoms with Gasteiger partial charge in [-0.1, -0.05) is 22.0 Å². The number of carbonyl (C=O) groups is 1. The molecule has 2 rings (SSSR count). The minimum Gasteiger partial charge on any atom is -0.481 e. The van der Waals surface area contributed by atoms with Crippen LogP contribution in [0.15, 0.2) is 45.8 Å². The Morgan fingerprint density at radius 2 is 2.14 bits per heavy atom. The molecule has 2 aromatic rings. The summed E-state index contributed by atoms with van der Waals surface area (Å²) in [7, 11) is -0.0160. The van der Waals surface area contributed by atoms with Crippen molar-refractivity contribution < 1.29 is 18.8 Å². The van der Waals surface area contributed by atoms with Gasteiger partial charge in [0, 0.05) is 10.5 Å². The van der Waals surface area contributed by atoms with Crippen LogP contribution in [0.1, 0.15) is 16.1 Å². The Kier molecular flexibility index (Phi) is 5.08. The summed E-state index contributed by atoms with van der Waals surface area (Å²) < 4.78 is 18.1. The van der Waals surface area contributed by atoms with E-state index in [2.05, 4.69) is 20.9 Å². The summed E-state index contributed by atoms with van der Waals surface area (Å²) in [6.45, 7) is 0. The standard InChI is InChI=1S/C14H12BrNO4S/c1-20-13-4-2-3-10(16-13)8-21(19)12-7-9(15)5-6-11(12)14(17)18/h2-7H,8H2,1H3,(H,17,18). The molecule has 0 bridgehead atoms. The topological polar surface area (TPSA) is 76.5 Å². The van der Waals surface area contributed by atoms with Gasteiger partial charge in [-0.05, 0) is 24.3 Å². The number of ether oxygens (including phenoxy) is 1. The number of hydrogen-bond acceptors (Lipinski definition) is 4. The molecule has 0 aliphatic heterocycles. The highest BCUT2D eigenvalue weighted by atomic mass is 79.9. The summed E-state index contributed by atoms with van der Waals surface area (Å²) in [6.07, 6.45) is 0. The van der Waals surface area contributed by atoms with E-state index < -0.39 is 16.8 Å². The summed E-state index contributed by atoms with van der Waals surface area (Å²) in [5.74, 6) is -0.560. The molecule has 0 amide bonds. The highest BCUT2D eigenvalue weighted by molar-refractivity contribution is 9.10. The van der Waals surface area contributed by atoms with Crippen LogP contribution in [0.2, 0.25) is 0 Å². The largest absolute Gasteiger partial charge is 0.481 e. The number of carboxylic acids is 1. The van der Waals surface area contributed by atoms with Gasteiger partial charge >= 0.3 is 5.97 Å². The molecule has 21 heavy (non-hydrogen) atoms. The van der Waals surface area contributed by atoms with E-state index in [9.17, 15) is 9.00 Å². The number of hydrogen-bond donors (Lipinski definition) is 1. The van der Waals surface area contributed by atoms with Gasteiger partial charge in [0.25, 0.3) is 0 Å². The van der Waals surface area contributed by atoms with E-state index in [1.54, 1.807) is 30.3 Å². The second kappa shape index (κ2) is 6.82. The number of aromatic nitrogens is 1. The Hall–Kier alpha value is -1.73. The van der Waals surface area contributed by atoms with Gasteiger partial charge in [0.2, 0.25) is 5.88 Å². The summed E-state index contributed by atoms with van der Waals surface area (Å²) in [5, 5.41) is 9.17. The molecule has 1 heterocycles. The van der Waals surface area contributed by atoms with E-state index in [-0.39, 0.29) is 16.2 Å². The first-order valence-corrected chi connectivity index (χ1v) is 8.03. The molecule has 1 N–H and O–H groups in total. The van der Waals surface area contributed by atoms with Gasteiger partial charge in [-0.2, -0.15) is 0 Å².